The smallest absolute Gasteiger partial charge is 0.193 e. The molecule has 0 amide bonds. The number of rotatable bonds is 5. The molecular weight excluding hydrogens is 274 g/mol. The summed E-state index contributed by atoms with van der Waals surface area (Å²) in [7, 11) is 0. The lowest BCUT2D eigenvalue weighted by atomic mass is 9.92. The molecule has 0 aliphatic carbocycles. The van der Waals surface area contributed by atoms with Gasteiger partial charge in [0.2, 0.25) is 0 Å². The first-order chi connectivity index (χ1) is 10.6. The highest BCUT2D eigenvalue weighted by Gasteiger charge is 2.24. The predicted molar refractivity (Wildman–Crippen MR) is 91.9 cm³/mol. The van der Waals surface area contributed by atoms with Crippen LogP contribution in [0, 0.1) is 17.8 Å². The second kappa shape index (κ2) is 8.20. The average molecular weight is 305 g/mol. The van der Waals surface area contributed by atoms with Crippen molar-refractivity contribution in [2.75, 3.05) is 26.2 Å². The lowest BCUT2D eigenvalue weighted by molar-refractivity contribution is 0.208. The van der Waals surface area contributed by atoms with Gasteiger partial charge in [-0.25, -0.2) is 0 Å². The highest BCUT2D eigenvalue weighted by Crippen LogP contribution is 2.21. The number of nitrogens with one attached hydrogen (secondary N) is 1. The maximum absolute atomic E-state index is 4.88. The Labute approximate surface area is 134 Å². The molecule has 5 nitrogen and oxygen atoms in total. The molecular formula is C17H31N5. The minimum Gasteiger partial charge on any atom is -0.357 e. The second-order valence-corrected chi connectivity index (χ2v) is 6.88. The van der Waals surface area contributed by atoms with E-state index in [0.717, 1.165) is 50.5 Å². The van der Waals surface area contributed by atoms with E-state index in [-0.39, 0.29) is 0 Å². The van der Waals surface area contributed by atoms with Crippen LogP contribution in [0.15, 0.2) is 23.5 Å². The number of aromatic nitrogens is 2. The number of nitrogens with zero attached hydrogens (tertiary/aromatic N) is 4. The van der Waals surface area contributed by atoms with E-state index in [1.165, 1.54) is 6.42 Å². The lowest BCUT2D eigenvalue weighted by Crippen LogP contribution is -2.48. The van der Waals surface area contributed by atoms with Crippen LogP contribution in [0.3, 0.4) is 0 Å². The maximum atomic E-state index is 4.88. The molecule has 1 aliphatic rings. The molecule has 1 N–H and O–H groups in total. The summed E-state index contributed by atoms with van der Waals surface area (Å²) in [5, 5.41) is 7.73. The van der Waals surface area contributed by atoms with Crippen molar-refractivity contribution in [1.29, 1.82) is 0 Å². The Kier molecular flexibility index (Phi) is 6.28. The van der Waals surface area contributed by atoms with Crippen LogP contribution in [0.25, 0.3) is 0 Å². The molecule has 3 unspecified atom stereocenters. The van der Waals surface area contributed by atoms with Gasteiger partial charge < -0.3 is 10.2 Å². The molecule has 0 aromatic carbocycles. The molecule has 5 heteroatoms. The number of guanidine groups is 1. The van der Waals surface area contributed by atoms with Crippen LogP contribution in [-0.2, 0) is 6.54 Å². The molecule has 0 bridgehead atoms. The van der Waals surface area contributed by atoms with Gasteiger partial charge in [0.05, 0.1) is 0 Å². The molecule has 1 saturated heterocycles. The van der Waals surface area contributed by atoms with E-state index in [2.05, 4.69) is 43.0 Å². The predicted octanol–water partition coefficient (Wildman–Crippen LogP) is 2.46. The number of hydrogen-bond donors (Lipinski definition) is 1. The fourth-order valence-electron chi connectivity index (χ4n) is 3.29. The van der Waals surface area contributed by atoms with Gasteiger partial charge in [-0.2, -0.15) is 5.10 Å². The van der Waals surface area contributed by atoms with Crippen molar-refractivity contribution in [3.8, 4) is 0 Å². The minimum atomic E-state index is 0.480. The van der Waals surface area contributed by atoms with Gasteiger partial charge in [0.25, 0.3) is 0 Å². The zero-order chi connectivity index (χ0) is 15.9. The van der Waals surface area contributed by atoms with E-state index < -0.39 is 0 Å². The summed E-state index contributed by atoms with van der Waals surface area (Å²) in [5.74, 6) is 3.05. The first kappa shape index (κ1) is 16.8. The van der Waals surface area contributed by atoms with Gasteiger partial charge in [0.1, 0.15) is 0 Å². The van der Waals surface area contributed by atoms with Gasteiger partial charge >= 0.3 is 0 Å². The molecule has 3 atom stereocenters. The summed E-state index contributed by atoms with van der Waals surface area (Å²) in [6.07, 6.45) is 5.17. The number of hydrogen-bond acceptors (Lipinski definition) is 2. The summed E-state index contributed by atoms with van der Waals surface area (Å²) in [6.45, 7) is 14.0. The van der Waals surface area contributed by atoms with E-state index in [0.29, 0.717) is 5.92 Å². The normalized spacial score (nSPS) is 24.4. The quantitative estimate of drug-likeness (QED) is 0.671. The topological polar surface area (TPSA) is 45.5 Å². The number of aliphatic imine (C=N–C) groups is 1. The van der Waals surface area contributed by atoms with Gasteiger partial charge in [0, 0.05) is 45.1 Å². The monoisotopic (exact) mass is 305 g/mol. The van der Waals surface area contributed by atoms with Crippen LogP contribution in [0.4, 0.5) is 0 Å². The zero-order valence-electron chi connectivity index (χ0n) is 14.5. The van der Waals surface area contributed by atoms with Crippen molar-refractivity contribution in [1.82, 2.24) is 20.0 Å². The van der Waals surface area contributed by atoms with Crippen molar-refractivity contribution in [3.05, 3.63) is 18.5 Å². The standard InChI is InChI=1S/C17H31N5/c1-5-18-17(21-11-14(2)9-15(3)12-21)19-10-16(4)13-22-8-6-7-20-22/h6-8,14-16H,5,9-13H2,1-4H3,(H,18,19). The molecule has 2 heterocycles. The van der Waals surface area contributed by atoms with E-state index in [9.17, 15) is 0 Å². The average Bonchev–Trinajstić information content (AvgIpc) is 2.95. The first-order valence-electron chi connectivity index (χ1n) is 8.59. The summed E-state index contributed by atoms with van der Waals surface area (Å²) in [6, 6.07) is 1.97. The summed E-state index contributed by atoms with van der Waals surface area (Å²) in [4.78, 5) is 7.31. The third-order valence-corrected chi connectivity index (χ3v) is 4.11. The van der Waals surface area contributed by atoms with Gasteiger partial charge in [-0.15, -0.1) is 0 Å². The molecule has 1 fully saturated rings. The largest absolute Gasteiger partial charge is 0.357 e. The van der Waals surface area contributed by atoms with Gasteiger partial charge in [0.15, 0.2) is 5.96 Å². The van der Waals surface area contributed by atoms with Crippen LogP contribution in [-0.4, -0.2) is 46.8 Å². The Balaban J connectivity index is 1.94. The fraction of sp³-hybridized carbons (Fsp3) is 0.765. The Morgan fingerprint density at radius 1 is 1.36 bits per heavy atom. The van der Waals surface area contributed by atoms with Crippen LogP contribution in [0.2, 0.25) is 0 Å². The van der Waals surface area contributed by atoms with Crippen LogP contribution in [0.5, 0.6) is 0 Å². The van der Waals surface area contributed by atoms with Gasteiger partial charge in [-0.1, -0.05) is 20.8 Å². The molecule has 1 aromatic rings. The lowest BCUT2D eigenvalue weighted by Gasteiger charge is -2.37. The highest BCUT2D eigenvalue weighted by molar-refractivity contribution is 5.80. The summed E-state index contributed by atoms with van der Waals surface area (Å²) >= 11 is 0. The van der Waals surface area contributed by atoms with Crippen molar-refractivity contribution >= 4 is 5.96 Å². The van der Waals surface area contributed by atoms with Crippen molar-refractivity contribution < 1.29 is 0 Å². The van der Waals surface area contributed by atoms with E-state index in [1.54, 1.807) is 0 Å². The first-order valence-corrected chi connectivity index (χ1v) is 8.59. The zero-order valence-corrected chi connectivity index (χ0v) is 14.5. The van der Waals surface area contributed by atoms with Gasteiger partial charge in [-0.05, 0) is 37.2 Å². The Hall–Kier alpha value is -1.52. The third-order valence-electron chi connectivity index (χ3n) is 4.11. The third kappa shape index (κ3) is 5.04. The molecule has 1 aromatic heterocycles. The summed E-state index contributed by atoms with van der Waals surface area (Å²) < 4.78 is 1.98. The number of likely N-dealkylation sites (tertiary alicyclic amines) is 1. The van der Waals surface area contributed by atoms with E-state index in [4.69, 9.17) is 4.99 Å². The second-order valence-electron chi connectivity index (χ2n) is 6.88. The molecule has 0 spiro atoms. The Bertz CT molecular complexity index is 444. The maximum Gasteiger partial charge on any atom is 0.193 e. The molecule has 0 radical (unpaired) electrons. The highest BCUT2D eigenvalue weighted by atomic mass is 15.3. The fourth-order valence-corrected chi connectivity index (χ4v) is 3.29. The summed E-state index contributed by atoms with van der Waals surface area (Å²) in [5.41, 5.74) is 0. The molecule has 0 saturated carbocycles. The Morgan fingerprint density at radius 2 is 2.09 bits per heavy atom. The van der Waals surface area contributed by atoms with Crippen molar-refractivity contribution in [2.45, 2.75) is 40.7 Å². The minimum absolute atomic E-state index is 0.480. The van der Waals surface area contributed by atoms with E-state index in [1.807, 2.05) is 23.1 Å². The molecule has 22 heavy (non-hydrogen) atoms. The SMILES string of the molecule is CCNC(=NCC(C)Cn1cccn1)N1CC(C)CC(C)C1. The molecule has 124 valence electrons. The van der Waals surface area contributed by atoms with Crippen LogP contribution >= 0.6 is 0 Å². The van der Waals surface area contributed by atoms with E-state index >= 15 is 0 Å². The molecule has 2 rings (SSSR count). The van der Waals surface area contributed by atoms with Gasteiger partial charge in [-0.3, -0.25) is 9.67 Å². The Morgan fingerprint density at radius 3 is 2.68 bits per heavy atom. The van der Waals surface area contributed by atoms with Crippen molar-refractivity contribution in [2.24, 2.45) is 22.7 Å². The number of piperidine rings is 1. The molecule has 1 aliphatic heterocycles. The van der Waals surface area contributed by atoms with Crippen molar-refractivity contribution in [3.63, 3.8) is 0 Å². The van der Waals surface area contributed by atoms with Crippen LogP contribution in [0.1, 0.15) is 34.1 Å². The van der Waals surface area contributed by atoms with Crippen LogP contribution < -0.4 is 5.32 Å².